The molecule has 1 aromatic heterocycles. The second-order valence-electron chi connectivity index (χ2n) is 8.51. The summed E-state index contributed by atoms with van der Waals surface area (Å²) < 4.78 is 29.8. The van der Waals surface area contributed by atoms with E-state index in [1.807, 2.05) is 0 Å². The van der Waals surface area contributed by atoms with Crippen molar-refractivity contribution in [1.82, 2.24) is 24.6 Å². The standard InChI is InChI=1S/C21H31N5O3S/c1-2-12-26-20-11-10-18(14-19(20)23-24-26)30(28,29)25-13-6-7-16(15-25)21(27)22-17-8-4-3-5-9-17/h10-11,14,16-17H,2-9,12-13,15H2,1H3,(H,22,27). The monoisotopic (exact) mass is 433 g/mol. The van der Waals surface area contributed by atoms with E-state index in [0.717, 1.165) is 50.6 Å². The Bertz CT molecular complexity index is 997. The minimum atomic E-state index is -3.68. The van der Waals surface area contributed by atoms with Gasteiger partial charge in [-0.3, -0.25) is 4.79 Å². The van der Waals surface area contributed by atoms with Crippen molar-refractivity contribution in [2.24, 2.45) is 5.92 Å². The van der Waals surface area contributed by atoms with Gasteiger partial charge in [-0.05, 0) is 50.3 Å². The summed E-state index contributed by atoms with van der Waals surface area (Å²) in [5.74, 6) is -0.288. The van der Waals surface area contributed by atoms with Crippen LogP contribution in [0.2, 0.25) is 0 Å². The number of hydrogen-bond donors (Lipinski definition) is 1. The van der Waals surface area contributed by atoms with E-state index in [1.54, 1.807) is 22.9 Å². The topological polar surface area (TPSA) is 97.2 Å². The summed E-state index contributed by atoms with van der Waals surface area (Å²) >= 11 is 0. The van der Waals surface area contributed by atoms with Crippen LogP contribution in [0.4, 0.5) is 0 Å². The van der Waals surface area contributed by atoms with Crippen LogP contribution in [0.5, 0.6) is 0 Å². The molecular weight excluding hydrogens is 402 g/mol. The zero-order chi connectivity index (χ0) is 21.1. The highest BCUT2D eigenvalue weighted by Gasteiger charge is 2.34. The molecule has 1 atom stereocenters. The number of sulfonamides is 1. The van der Waals surface area contributed by atoms with Crippen LogP contribution in [0.1, 0.15) is 58.3 Å². The van der Waals surface area contributed by atoms with Crippen LogP contribution in [0.3, 0.4) is 0 Å². The van der Waals surface area contributed by atoms with Gasteiger partial charge in [0, 0.05) is 25.7 Å². The fraction of sp³-hybridized carbons (Fsp3) is 0.667. The minimum absolute atomic E-state index is 0.000222. The van der Waals surface area contributed by atoms with Gasteiger partial charge in [0.25, 0.3) is 0 Å². The molecule has 0 spiro atoms. The van der Waals surface area contributed by atoms with Gasteiger partial charge in [0.1, 0.15) is 5.52 Å². The molecule has 1 saturated carbocycles. The van der Waals surface area contributed by atoms with Gasteiger partial charge in [-0.1, -0.05) is 31.4 Å². The van der Waals surface area contributed by atoms with Crippen LogP contribution in [-0.2, 0) is 21.4 Å². The summed E-state index contributed by atoms with van der Waals surface area (Å²) in [6.07, 6.45) is 7.95. The van der Waals surface area contributed by atoms with E-state index in [1.165, 1.54) is 10.7 Å². The Labute approximate surface area is 178 Å². The molecule has 0 bridgehead atoms. The largest absolute Gasteiger partial charge is 0.353 e. The van der Waals surface area contributed by atoms with Crippen molar-refractivity contribution in [2.45, 2.75) is 75.8 Å². The summed E-state index contributed by atoms with van der Waals surface area (Å²) in [5, 5.41) is 11.4. The molecule has 1 aliphatic carbocycles. The number of aryl methyl sites for hydroxylation is 1. The lowest BCUT2D eigenvalue weighted by Crippen LogP contribution is -2.47. The fourth-order valence-corrected chi connectivity index (χ4v) is 6.12. The number of carbonyl (C=O) groups is 1. The van der Waals surface area contributed by atoms with Crippen molar-refractivity contribution in [1.29, 1.82) is 0 Å². The molecule has 9 heteroatoms. The molecule has 2 fully saturated rings. The van der Waals surface area contributed by atoms with Crippen LogP contribution < -0.4 is 5.32 Å². The van der Waals surface area contributed by atoms with Gasteiger partial charge in [0.2, 0.25) is 15.9 Å². The lowest BCUT2D eigenvalue weighted by molar-refractivity contribution is -0.127. The Morgan fingerprint density at radius 3 is 2.73 bits per heavy atom. The maximum absolute atomic E-state index is 13.3. The van der Waals surface area contributed by atoms with Crippen LogP contribution in [-0.4, -0.2) is 52.8 Å². The molecule has 1 aliphatic heterocycles. The Hall–Kier alpha value is -2.00. The Kier molecular flexibility index (Phi) is 6.38. The van der Waals surface area contributed by atoms with Crippen molar-refractivity contribution in [3.63, 3.8) is 0 Å². The van der Waals surface area contributed by atoms with Gasteiger partial charge in [0.15, 0.2) is 0 Å². The van der Waals surface area contributed by atoms with Crippen molar-refractivity contribution in [3.05, 3.63) is 18.2 Å². The summed E-state index contributed by atoms with van der Waals surface area (Å²) in [6.45, 7) is 3.48. The molecule has 1 amide bonds. The lowest BCUT2D eigenvalue weighted by atomic mass is 9.93. The first-order valence-electron chi connectivity index (χ1n) is 11.1. The average molecular weight is 434 g/mol. The van der Waals surface area contributed by atoms with E-state index < -0.39 is 10.0 Å². The molecule has 0 radical (unpaired) electrons. The van der Waals surface area contributed by atoms with Gasteiger partial charge >= 0.3 is 0 Å². The van der Waals surface area contributed by atoms with Gasteiger partial charge in [-0.25, -0.2) is 13.1 Å². The van der Waals surface area contributed by atoms with Gasteiger partial charge in [-0.15, -0.1) is 5.10 Å². The van der Waals surface area contributed by atoms with Gasteiger partial charge in [0.05, 0.1) is 16.3 Å². The number of amides is 1. The van der Waals surface area contributed by atoms with E-state index in [2.05, 4.69) is 22.6 Å². The lowest BCUT2D eigenvalue weighted by Gasteiger charge is -2.32. The van der Waals surface area contributed by atoms with Crippen LogP contribution in [0.25, 0.3) is 11.0 Å². The third kappa shape index (κ3) is 4.37. The highest BCUT2D eigenvalue weighted by Crippen LogP contribution is 2.26. The molecule has 4 rings (SSSR count). The molecule has 2 aliphatic rings. The van der Waals surface area contributed by atoms with E-state index in [9.17, 15) is 13.2 Å². The Morgan fingerprint density at radius 2 is 1.97 bits per heavy atom. The second-order valence-corrected chi connectivity index (χ2v) is 10.4. The maximum Gasteiger partial charge on any atom is 0.243 e. The van der Waals surface area contributed by atoms with Crippen LogP contribution >= 0.6 is 0 Å². The van der Waals surface area contributed by atoms with Crippen LogP contribution in [0, 0.1) is 5.92 Å². The summed E-state index contributed by atoms with van der Waals surface area (Å²) in [7, 11) is -3.68. The summed E-state index contributed by atoms with van der Waals surface area (Å²) in [6, 6.07) is 5.23. The average Bonchev–Trinajstić information content (AvgIpc) is 3.17. The number of rotatable bonds is 6. The number of nitrogens with one attached hydrogen (secondary N) is 1. The minimum Gasteiger partial charge on any atom is -0.353 e. The highest BCUT2D eigenvalue weighted by molar-refractivity contribution is 7.89. The Balaban J connectivity index is 1.48. The second kappa shape index (κ2) is 9.01. The number of hydrogen-bond acceptors (Lipinski definition) is 5. The molecule has 1 aromatic carbocycles. The normalized spacial score (nSPS) is 21.7. The Morgan fingerprint density at radius 1 is 1.17 bits per heavy atom. The summed E-state index contributed by atoms with van der Waals surface area (Å²) in [5.41, 5.74) is 1.41. The zero-order valence-corrected chi connectivity index (χ0v) is 18.4. The van der Waals surface area contributed by atoms with Crippen molar-refractivity contribution < 1.29 is 13.2 Å². The highest BCUT2D eigenvalue weighted by atomic mass is 32.2. The maximum atomic E-state index is 13.3. The van der Waals surface area contributed by atoms with Crippen LogP contribution in [0.15, 0.2) is 23.1 Å². The van der Waals surface area contributed by atoms with E-state index >= 15 is 0 Å². The number of aromatic nitrogens is 3. The fourth-order valence-electron chi connectivity index (χ4n) is 4.58. The molecular formula is C21H31N5O3S. The molecule has 1 N–H and O–H groups in total. The number of nitrogens with zero attached hydrogens (tertiary/aromatic N) is 4. The molecule has 1 saturated heterocycles. The number of piperidine rings is 1. The summed E-state index contributed by atoms with van der Waals surface area (Å²) in [4.78, 5) is 13.0. The van der Waals surface area contributed by atoms with Crippen molar-refractivity contribution in [2.75, 3.05) is 13.1 Å². The van der Waals surface area contributed by atoms with E-state index in [-0.39, 0.29) is 29.3 Å². The van der Waals surface area contributed by atoms with Crippen molar-refractivity contribution >= 4 is 27.0 Å². The zero-order valence-electron chi connectivity index (χ0n) is 17.6. The smallest absolute Gasteiger partial charge is 0.243 e. The number of benzene rings is 1. The van der Waals surface area contributed by atoms with Gasteiger partial charge in [-0.2, -0.15) is 4.31 Å². The molecule has 30 heavy (non-hydrogen) atoms. The van der Waals surface area contributed by atoms with E-state index in [0.29, 0.717) is 18.5 Å². The number of carbonyl (C=O) groups excluding carboxylic acids is 1. The number of fused-ring (bicyclic) bond motifs is 1. The predicted molar refractivity (Wildman–Crippen MR) is 114 cm³/mol. The first-order chi connectivity index (χ1) is 14.5. The predicted octanol–water partition coefficient (Wildman–Crippen LogP) is 2.69. The third-order valence-corrected chi connectivity index (χ3v) is 8.13. The van der Waals surface area contributed by atoms with Gasteiger partial charge < -0.3 is 5.32 Å². The molecule has 8 nitrogen and oxygen atoms in total. The SMILES string of the molecule is CCCn1nnc2cc(S(=O)(=O)N3CCCC(C(=O)NC4CCCCC4)C3)ccc21. The molecule has 2 aromatic rings. The molecule has 164 valence electrons. The molecule has 2 heterocycles. The van der Waals surface area contributed by atoms with E-state index in [4.69, 9.17) is 0 Å². The first kappa shape index (κ1) is 21.2. The third-order valence-electron chi connectivity index (χ3n) is 6.27. The quantitative estimate of drug-likeness (QED) is 0.755. The molecule has 1 unspecified atom stereocenters. The first-order valence-corrected chi connectivity index (χ1v) is 12.6. The van der Waals surface area contributed by atoms with Crippen molar-refractivity contribution in [3.8, 4) is 0 Å².